The van der Waals surface area contributed by atoms with Crippen LogP contribution in [-0.4, -0.2) is 23.6 Å². The first-order chi connectivity index (χ1) is 9.78. The van der Waals surface area contributed by atoms with Gasteiger partial charge in [0.2, 0.25) is 0 Å². The van der Waals surface area contributed by atoms with E-state index in [4.69, 9.17) is 9.97 Å². The Morgan fingerprint density at radius 2 is 1.85 bits per heavy atom. The number of aryl methyl sites for hydroxylation is 2. The van der Waals surface area contributed by atoms with Crippen LogP contribution >= 0.6 is 11.3 Å². The summed E-state index contributed by atoms with van der Waals surface area (Å²) < 4.78 is 0. The van der Waals surface area contributed by atoms with E-state index < -0.39 is 0 Å². The molecule has 0 saturated carbocycles. The predicted octanol–water partition coefficient (Wildman–Crippen LogP) is 3.02. The Morgan fingerprint density at radius 3 is 2.35 bits per heavy atom. The van der Waals surface area contributed by atoms with Gasteiger partial charge in [0.1, 0.15) is 5.82 Å². The van der Waals surface area contributed by atoms with E-state index in [9.17, 15) is 0 Å². The minimum Gasteiger partial charge on any atom is -0.319 e. The summed E-state index contributed by atoms with van der Waals surface area (Å²) >= 11 is 1.77. The van der Waals surface area contributed by atoms with Gasteiger partial charge in [0.05, 0.1) is 0 Å². The Kier molecular flexibility index (Phi) is 5.68. The molecule has 2 aromatic heterocycles. The largest absolute Gasteiger partial charge is 0.319 e. The van der Waals surface area contributed by atoms with Crippen molar-refractivity contribution in [3.63, 3.8) is 0 Å². The van der Waals surface area contributed by atoms with Crippen molar-refractivity contribution in [3.05, 3.63) is 45.2 Å². The zero-order valence-electron chi connectivity index (χ0n) is 12.6. The molecule has 0 fully saturated rings. The Labute approximate surface area is 125 Å². The number of hydrogen-bond donors (Lipinski definition) is 1. The van der Waals surface area contributed by atoms with Gasteiger partial charge in [-0.3, -0.25) is 0 Å². The van der Waals surface area contributed by atoms with Crippen molar-refractivity contribution in [2.24, 2.45) is 0 Å². The highest BCUT2D eigenvalue weighted by molar-refractivity contribution is 7.09. The van der Waals surface area contributed by atoms with Crippen LogP contribution in [0.2, 0.25) is 0 Å². The summed E-state index contributed by atoms with van der Waals surface area (Å²) in [6.07, 6.45) is 3.82. The second-order valence-electron chi connectivity index (χ2n) is 4.83. The quantitative estimate of drug-likeness (QED) is 0.851. The van der Waals surface area contributed by atoms with Crippen LogP contribution in [0.1, 0.15) is 41.5 Å². The lowest BCUT2D eigenvalue weighted by Crippen LogP contribution is -2.16. The smallest absolute Gasteiger partial charge is 0.134 e. The summed E-state index contributed by atoms with van der Waals surface area (Å²) in [7, 11) is 1.99. The third-order valence-electron chi connectivity index (χ3n) is 3.43. The molecular weight excluding hydrogens is 266 g/mol. The van der Waals surface area contributed by atoms with Gasteiger partial charge in [-0.15, -0.1) is 11.3 Å². The molecule has 3 nitrogen and oxygen atoms in total. The third-order valence-corrected chi connectivity index (χ3v) is 4.31. The van der Waals surface area contributed by atoms with Crippen LogP contribution in [0.4, 0.5) is 0 Å². The van der Waals surface area contributed by atoms with E-state index in [0.29, 0.717) is 0 Å². The molecule has 4 heteroatoms. The molecule has 0 atom stereocenters. The van der Waals surface area contributed by atoms with E-state index >= 15 is 0 Å². The SMILES string of the molecule is CCc1nc(Cc2cccs2)nc(CC)c1CCNC. The highest BCUT2D eigenvalue weighted by Crippen LogP contribution is 2.18. The van der Waals surface area contributed by atoms with E-state index in [1.54, 1.807) is 11.3 Å². The fourth-order valence-electron chi connectivity index (χ4n) is 2.41. The zero-order chi connectivity index (χ0) is 14.4. The van der Waals surface area contributed by atoms with Crippen molar-refractivity contribution in [3.8, 4) is 0 Å². The molecule has 0 saturated heterocycles. The van der Waals surface area contributed by atoms with Crippen LogP contribution < -0.4 is 5.32 Å². The first kappa shape index (κ1) is 15.1. The molecule has 2 heterocycles. The van der Waals surface area contributed by atoms with Crippen LogP contribution in [0.15, 0.2) is 17.5 Å². The normalized spacial score (nSPS) is 10.9. The number of hydrogen-bond acceptors (Lipinski definition) is 4. The van der Waals surface area contributed by atoms with Crippen LogP contribution in [0, 0.1) is 0 Å². The number of nitrogens with one attached hydrogen (secondary N) is 1. The molecule has 0 aromatic carbocycles. The summed E-state index contributed by atoms with van der Waals surface area (Å²) in [4.78, 5) is 10.9. The Balaban J connectivity index is 2.30. The maximum Gasteiger partial charge on any atom is 0.134 e. The van der Waals surface area contributed by atoms with Crippen LogP contribution in [0.25, 0.3) is 0 Å². The van der Waals surface area contributed by atoms with Crippen molar-refractivity contribution >= 4 is 11.3 Å². The first-order valence-electron chi connectivity index (χ1n) is 7.33. The van der Waals surface area contributed by atoms with Crippen molar-refractivity contribution in [2.75, 3.05) is 13.6 Å². The van der Waals surface area contributed by atoms with Gasteiger partial charge in [-0.1, -0.05) is 19.9 Å². The molecule has 2 rings (SSSR count). The number of nitrogens with zero attached hydrogens (tertiary/aromatic N) is 2. The Bertz CT molecular complexity index is 510. The predicted molar refractivity (Wildman–Crippen MR) is 85.5 cm³/mol. The lowest BCUT2D eigenvalue weighted by atomic mass is 10.0. The second kappa shape index (κ2) is 7.50. The summed E-state index contributed by atoms with van der Waals surface area (Å²) in [5, 5.41) is 5.33. The molecular formula is C16H23N3S. The summed E-state index contributed by atoms with van der Waals surface area (Å²) in [6.45, 7) is 5.34. The Hall–Kier alpha value is -1.26. The minimum atomic E-state index is 0.851. The van der Waals surface area contributed by atoms with Gasteiger partial charge in [0.25, 0.3) is 0 Å². The molecule has 0 unspecified atom stereocenters. The van der Waals surface area contributed by atoms with Gasteiger partial charge in [0.15, 0.2) is 0 Å². The zero-order valence-corrected chi connectivity index (χ0v) is 13.4. The molecule has 0 aliphatic carbocycles. The van der Waals surface area contributed by atoms with Crippen molar-refractivity contribution in [1.29, 1.82) is 0 Å². The average molecular weight is 289 g/mol. The van der Waals surface area contributed by atoms with Crippen molar-refractivity contribution < 1.29 is 0 Å². The lowest BCUT2D eigenvalue weighted by molar-refractivity contribution is 0.748. The van der Waals surface area contributed by atoms with Gasteiger partial charge in [-0.2, -0.15) is 0 Å². The minimum absolute atomic E-state index is 0.851. The summed E-state index contributed by atoms with van der Waals surface area (Å²) in [5.41, 5.74) is 3.79. The van der Waals surface area contributed by atoms with E-state index in [2.05, 4.69) is 36.7 Å². The molecule has 2 aromatic rings. The van der Waals surface area contributed by atoms with Crippen LogP contribution in [-0.2, 0) is 25.7 Å². The number of likely N-dealkylation sites (N-methyl/N-ethyl adjacent to an activating group) is 1. The average Bonchev–Trinajstić information content (AvgIpc) is 2.97. The van der Waals surface area contributed by atoms with Crippen molar-refractivity contribution in [2.45, 2.75) is 39.5 Å². The molecule has 20 heavy (non-hydrogen) atoms. The van der Waals surface area contributed by atoms with E-state index in [1.807, 2.05) is 7.05 Å². The molecule has 1 N–H and O–H groups in total. The van der Waals surface area contributed by atoms with Crippen LogP contribution in [0.5, 0.6) is 0 Å². The standard InChI is InChI=1S/C16H23N3S/c1-4-14-13(8-9-17-3)15(5-2)19-16(18-14)11-12-7-6-10-20-12/h6-7,10,17H,4-5,8-9,11H2,1-3H3. The van der Waals surface area contributed by atoms with E-state index in [-0.39, 0.29) is 0 Å². The maximum atomic E-state index is 4.80. The van der Waals surface area contributed by atoms with Gasteiger partial charge < -0.3 is 5.32 Å². The molecule has 0 aliphatic rings. The second-order valence-corrected chi connectivity index (χ2v) is 5.86. The van der Waals surface area contributed by atoms with Gasteiger partial charge in [0, 0.05) is 22.7 Å². The fraction of sp³-hybridized carbons (Fsp3) is 0.500. The molecule has 0 aliphatic heterocycles. The molecule has 0 spiro atoms. The molecule has 108 valence electrons. The third kappa shape index (κ3) is 3.64. The highest BCUT2D eigenvalue weighted by Gasteiger charge is 2.12. The first-order valence-corrected chi connectivity index (χ1v) is 8.20. The number of aromatic nitrogens is 2. The van der Waals surface area contributed by atoms with Gasteiger partial charge >= 0.3 is 0 Å². The van der Waals surface area contributed by atoms with Gasteiger partial charge in [-0.05, 0) is 49.9 Å². The topological polar surface area (TPSA) is 37.8 Å². The number of thiophene rings is 1. The molecule has 0 radical (unpaired) electrons. The molecule has 0 bridgehead atoms. The highest BCUT2D eigenvalue weighted by atomic mass is 32.1. The van der Waals surface area contributed by atoms with Crippen LogP contribution in [0.3, 0.4) is 0 Å². The monoisotopic (exact) mass is 289 g/mol. The maximum absolute atomic E-state index is 4.80. The Morgan fingerprint density at radius 1 is 1.15 bits per heavy atom. The van der Waals surface area contributed by atoms with E-state index in [0.717, 1.165) is 38.1 Å². The number of rotatable bonds is 7. The van der Waals surface area contributed by atoms with E-state index in [1.165, 1.54) is 21.8 Å². The summed E-state index contributed by atoms with van der Waals surface area (Å²) in [6, 6.07) is 4.24. The van der Waals surface area contributed by atoms with Crippen molar-refractivity contribution in [1.82, 2.24) is 15.3 Å². The summed E-state index contributed by atoms with van der Waals surface area (Å²) in [5.74, 6) is 0.967. The fourth-order valence-corrected chi connectivity index (χ4v) is 3.11. The lowest BCUT2D eigenvalue weighted by Gasteiger charge is -2.13. The van der Waals surface area contributed by atoms with Gasteiger partial charge in [-0.25, -0.2) is 9.97 Å². The molecule has 0 amide bonds.